The topological polar surface area (TPSA) is 177 Å². The molecule has 0 aliphatic carbocycles. The van der Waals surface area contributed by atoms with E-state index < -0.39 is 48.1 Å². The number of rotatable bonds is 14. The molecule has 5 N–H and O–H groups in total. The Kier molecular flexibility index (Phi) is 12.7. The predicted octanol–water partition coefficient (Wildman–Crippen LogP) is 3.00. The molecule has 270 valence electrons. The Morgan fingerprint density at radius 1 is 0.960 bits per heavy atom. The van der Waals surface area contributed by atoms with Crippen molar-refractivity contribution in [1.29, 1.82) is 0 Å². The van der Waals surface area contributed by atoms with Crippen LogP contribution in [0.3, 0.4) is 0 Å². The maximum atomic E-state index is 13.3. The molecular weight excluding hydrogens is 644 g/mol. The standard InChI is InChI=1S/C36H48N6O8/c1-36(2,3)31(40-34(45)47-4)32(44)41-42(19-24-8-6-5-7-9-24)20-29(43)28(39-35(46)50-30-21-49-33-27(30)14-15-48-33)16-23-10-12-25(13-11-23)26-17-37-22-38-18-26/h5-13,17-18,22,27-33,41,43-44H,14-16,19-21H2,1-4H3,(H,39,46)(H,40,45)/t27-,28-,29-,30-,31+,32?,33+/m0/s1. The van der Waals surface area contributed by atoms with Gasteiger partial charge in [-0.25, -0.2) is 30.0 Å². The molecule has 2 saturated heterocycles. The lowest BCUT2D eigenvalue weighted by molar-refractivity contribution is -0.0907. The summed E-state index contributed by atoms with van der Waals surface area (Å²) < 4.78 is 21.8. The lowest BCUT2D eigenvalue weighted by Crippen LogP contribution is -2.61. The average Bonchev–Trinajstić information content (AvgIpc) is 3.72. The minimum absolute atomic E-state index is 0.0174. The van der Waals surface area contributed by atoms with Gasteiger partial charge in [-0.05, 0) is 34.9 Å². The molecule has 50 heavy (non-hydrogen) atoms. The summed E-state index contributed by atoms with van der Waals surface area (Å²) in [4.78, 5) is 33.7. The highest BCUT2D eigenvalue weighted by Gasteiger charge is 2.44. The summed E-state index contributed by atoms with van der Waals surface area (Å²) in [6.07, 6.45) is 1.33. The van der Waals surface area contributed by atoms with Gasteiger partial charge >= 0.3 is 12.2 Å². The molecule has 14 heteroatoms. The second kappa shape index (κ2) is 17.2. The van der Waals surface area contributed by atoms with Gasteiger partial charge in [0.2, 0.25) is 0 Å². The first-order valence-electron chi connectivity index (χ1n) is 16.8. The predicted molar refractivity (Wildman–Crippen MR) is 183 cm³/mol. The number of methoxy groups -OCH3 is 1. The number of amides is 2. The van der Waals surface area contributed by atoms with Crippen molar-refractivity contribution in [2.75, 3.05) is 26.9 Å². The molecule has 2 aliphatic rings. The number of benzene rings is 2. The third-order valence-corrected chi connectivity index (χ3v) is 8.96. The highest BCUT2D eigenvalue weighted by Crippen LogP contribution is 2.33. The van der Waals surface area contributed by atoms with Gasteiger partial charge in [0, 0.05) is 31.0 Å². The van der Waals surface area contributed by atoms with Gasteiger partial charge in [0.1, 0.15) is 18.7 Å². The number of aromatic nitrogens is 2. The van der Waals surface area contributed by atoms with E-state index in [9.17, 15) is 19.8 Å². The fourth-order valence-corrected chi connectivity index (χ4v) is 6.23. The van der Waals surface area contributed by atoms with Crippen molar-refractivity contribution >= 4 is 12.2 Å². The smallest absolute Gasteiger partial charge is 0.407 e. The van der Waals surface area contributed by atoms with E-state index >= 15 is 0 Å². The molecule has 2 fully saturated rings. The van der Waals surface area contributed by atoms with Crippen LogP contribution in [0.1, 0.15) is 38.3 Å². The van der Waals surface area contributed by atoms with Crippen molar-refractivity contribution in [3.63, 3.8) is 0 Å². The first-order chi connectivity index (χ1) is 24.0. The number of alkyl carbamates (subject to hydrolysis) is 2. The SMILES string of the molecule is COC(=O)N[C@H](C(O)NN(Cc1ccccc1)C[C@H](O)[C@H](Cc1ccc(-c2cncnc2)cc1)NC(=O)O[C@H]1CO[C@H]2OCC[C@H]21)C(C)(C)C. The highest BCUT2D eigenvalue weighted by atomic mass is 16.7. The summed E-state index contributed by atoms with van der Waals surface area (Å²) in [6.45, 7) is 6.70. The molecule has 7 atom stereocenters. The number of fused-ring (bicyclic) bond motifs is 1. The van der Waals surface area contributed by atoms with Crippen molar-refractivity contribution in [1.82, 2.24) is 31.0 Å². The summed E-state index contributed by atoms with van der Waals surface area (Å²) >= 11 is 0. The van der Waals surface area contributed by atoms with Gasteiger partial charge in [-0.15, -0.1) is 0 Å². The van der Waals surface area contributed by atoms with Crippen LogP contribution in [0.25, 0.3) is 11.1 Å². The van der Waals surface area contributed by atoms with E-state index in [0.717, 1.165) is 28.7 Å². The van der Waals surface area contributed by atoms with Gasteiger partial charge in [0.05, 0.1) is 44.4 Å². The molecule has 0 saturated carbocycles. The minimum Gasteiger partial charge on any atom is -0.453 e. The first kappa shape index (κ1) is 37.1. The third kappa shape index (κ3) is 10.2. The Morgan fingerprint density at radius 2 is 1.68 bits per heavy atom. The number of carbonyl (C=O) groups is 2. The molecular formula is C36H48N6O8. The summed E-state index contributed by atoms with van der Waals surface area (Å²) in [5, 5.41) is 30.5. The molecule has 2 aliphatic heterocycles. The van der Waals surface area contributed by atoms with E-state index in [1.54, 1.807) is 17.4 Å². The van der Waals surface area contributed by atoms with Crippen LogP contribution in [0.2, 0.25) is 0 Å². The molecule has 0 bridgehead atoms. The summed E-state index contributed by atoms with van der Waals surface area (Å²) in [7, 11) is 1.26. The lowest BCUT2D eigenvalue weighted by Gasteiger charge is -2.38. The van der Waals surface area contributed by atoms with Crippen molar-refractivity contribution in [2.45, 2.75) is 77.0 Å². The molecule has 0 spiro atoms. The quantitative estimate of drug-likeness (QED) is 0.124. The van der Waals surface area contributed by atoms with E-state index in [4.69, 9.17) is 18.9 Å². The normalized spacial score (nSPS) is 21.1. The molecule has 1 unspecified atom stereocenters. The van der Waals surface area contributed by atoms with Crippen LogP contribution in [0.5, 0.6) is 0 Å². The van der Waals surface area contributed by atoms with E-state index in [1.165, 1.54) is 13.4 Å². The number of nitrogens with zero attached hydrogens (tertiary/aromatic N) is 3. The van der Waals surface area contributed by atoms with Crippen molar-refractivity contribution in [3.8, 4) is 11.1 Å². The van der Waals surface area contributed by atoms with Crippen molar-refractivity contribution in [2.24, 2.45) is 11.3 Å². The molecule has 3 aromatic rings. The van der Waals surface area contributed by atoms with Crippen molar-refractivity contribution < 1.29 is 38.7 Å². The molecule has 2 aromatic carbocycles. The number of carbonyl (C=O) groups excluding carboxylic acids is 2. The Balaban J connectivity index is 1.35. The Bertz CT molecular complexity index is 1510. The van der Waals surface area contributed by atoms with E-state index in [0.29, 0.717) is 6.61 Å². The average molecular weight is 693 g/mol. The molecule has 14 nitrogen and oxygen atoms in total. The van der Waals surface area contributed by atoms with Gasteiger partial charge < -0.3 is 39.8 Å². The van der Waals surface area contributed by atoms with Crippen LogP contribution in [-0.2, 0) is 31.9 Å². The summed E-state index contributed by atoms with van der Waals surface area (Å²) in [5.41, 5.74) is 6.07. The maximum absolute atomic E-state index is 13.3. The zero-order valence-corrected chi connectivity index (χ0v) is 28.9. The van der Waals surface area contributed by atoms with Crippen molar-refractivity contribution in [3.05, 3.63) is 84.4 Å². The second-order valence-electron chi connectivity index (χ2n) is 13.7. The third-order valence-electron chi connectivity index (χ3n) is 8.96. The van der Waals surface area contributed by atoms with Crippen LogP contribution >= 0.6 is 0 Å². The molecule has 1 aromatic heterocycles. The van der Waals surface area contributed by atoms with Gasteiger partial charge in [-0.2, -0.15) is 0 Å². The number of ether oxygens (including phenoxy) is 4. The number of aliphatic hydroxyl groups is 2. The summed E-state index contributed by atoms with van der Waals surface area (Å²) in [5.74, 6) is -0.0416. The van der Waals surface area contributed by atoms with Crippen LogP contribution in [0.4, 0.5) is 9.59 Å². The molecule has 3 heterocycles. The lowest BCUT2D eigenvalue weighted by atomic mass is 9.85. The van der Waals surface area contributed by atoms with Crippen LogP contribution in [-0.4, -0.2) is 101 Å². The molecule has 5 rings (SSSR count). The number of hydrazine groups is 1. The zero-order valence-electron chi connectivity index (χ0n) is 28.9. The Morgan fingerprint density at radius 3 is 2.36 bits per heavy atom. The number of nitrogens with one attached hydrogen (secondary N) is 3. The van der Waals surface area contributed by atoms with Gasteiger partial charge in [-0.1, -0.05) is 75.4 Å². The Labute approximate surface area is 292 Å². The van der Waals surface area contributed by atoms with E-state index in [-0.39, 0.29) is 38.3 Å². The highest BCUT2D eigenvalue weighted by molar-refractivity contribution is 5.68. The van der Waals surface area contributed by atoms with Gasteiger partial charge in [0.15, 0.2) is 6.29 Å². The molecule has 0 radical (unpaired) electrons. The minimum atomic E-state index is -1.26. The second-order valence-corrected chi connectivity index (χ2v) is 13.7. The monoisotopic (exact) mass is 692 g/mol. The van der Waals surface area contributed by atoms with Crippen LogP contribution in [0.15, 0.2) is 73.3 Å². The van der Waals surface area contributed by atoms with Gasteiger partial charge in [-0.3, -0.25) is 0 Å². The Hall–Kier alpha value is -4.18. The fraction of sp³-hybridized carbons (Fsp3) is 0.500. The number of hydrogen-bond donors (Lipinski definition) is 5. The fourth-order valence-electron chi connectivity index (χ4n) is 6.23. The van der Waals surface area contributed by atoms with E-state index in [1.807, 2.05) is 75.4 Å². The number of aliphatic hydroxyl groups excluding tert-OH is 2. The van der Waals surface area contributed by atoms with Crippen LogP contribution in [0, 0.1) is 11.3 Å². The zero-order chi connectivity index (χ0) is 35.7. The maximum Gasteiger partial charge on any atom is 0.407 e. The van der Waals surface area contributed by atoms with E-state index in [2.05, 4.69) is 26.0 Å². The summed E-state index contributed by atoms with van der Waals surface area (Å²) in [6, 6.07) is 15.7. The molecule has 2 amide bonds. The number of hydrogen-bond acceptors (Lipinski definition) is 12. The van der Waals surface area contributed by atoms with Crippen LogP contribution < -0.4 is 16.1 Å². The first-order valence-corrected chi connectivity index (χ1v) is 16.8. The van der Waals surface area contributed by atoms with Gasteiger partial charge in [0.25, 0.3) is 0 Å². The largest absolute Gasteiger partial charge is 0.453 e.